The third kappa shape index (κ3) is 6.04. The van der Waals surface area contributed by atoms with E-state index in [-0.39, 0.29) is 16.4 Å². The number of nitrogens with one attached hydrogen (secondary N) is 1. The highest BCUT2D eigenvalue weighted by Crippen LogP contribution is 2.22. The number of anilines is 1. The Morgan fingerprint density at radius 2 is 1.66 bits per heavy atom. The van der Waals surface area contributed by atoms with E-state index in [2.05, 4.69) is 10.3 Å². The van der Waals surface area contributed by atoms with Crippen LogP contribution in [0.15, 0.2) is 108 Å². The molecule has 7 nitrogen and oxygen atoms in total. The lowest BCUT2D eigenvalue weighted by Crippen LogP contribution is -2.27. The molecule has 4 aromatic rings. The number of pyridine rings is 1. The average molecular weight is 488 g/mol. The molecule has 0 saturated heterocycles. The number of ether oxygens (including phenoxy) is 1. The number of benzene rings is 3. The molecule has 0 saturated carbocycles. The van der Waals surface area contributed by atoms with Crippen molar-refractivity contribution < 1.29 is 17.9 Å². The number of amides is 1. The smallest absolute Gasteiger partial charge is 0.264 e. The number of nitrogens with zero attached hydrogens (tertiary/aromatic N) is 2. The maximum absolute atomic E-state index is 13.0. The molecule has 0 aliphatic carbocycles. The molecule has 1 aromatic heterocycles. The molecule has 1 N–H and O–H groups in total. The van der Waals surface area contributed by atoms with Crippen LogP contribution in [0.2, 0.25) is 0 Å². The van der Waals surface area contributed by atoms with Gasteiger partial charge in [0.1, 0.15) is 12.4 Å². The Kier molecular flexibility index (Phi) is 7.42. The number of carbonyl (C=O) groups excluding carboxylic acids is 1. The van der Waals surface area contributed by atoms with E-state index in [1.807, 2.05) is 48.5 Å². The van der Waals surface area contributed by atoms with Crippen molar-refractivity contribution in [1.82, 2.24) is 10.3 Å². The summed E-state index contributed by atoms with van der Waals surface area (Å²) in [5.74, 6) is 0.339. The summed E-state index contributed by atoms with van der Waals surface area (Å²) < 4.78 is 33.0. The van der Waals surface area contributed by atoms with Gasteiger partial charge in [0, 0.05) is 25.4 Å². The second-order valence-corrected chi connectivity index (χ2v) is 9.74. The maximum Gasteiger partial charge on any atom is 0.264 e. The standard InChI is InChI=1S/C27H25N3O4S/c1-30(24-10-3-2-4-11-24)35(32,33)26-12-7-8-22(18-26)27(31)29-19-21-13-15-25(16-14-21)34-20-23-9-5-6-17-28-23/h2-18H,19-20H2,1H3,(H,29,31). The van der Waals surface area contributed by atoms with Gasteiger partial charge >= 0.3 is 0 Å². The molecular formula is C27H25N3O4S. The van der Waals surface area contributed by atoms with Crippen LogP contribution < -0.4 is 14.4 Å². The molecule has 0 atom stereocenters. The summed E-state index contributed by atoms with van der Waals surface area (Å²) in [5, 5.41) is 2.83. The molecule has 0 aliphatic heterocycles. The van der Waals surface area contributed by atoms with Crippen LogP contribution in [0.5, 0.6) is 5.75 Å². The van der Waals surface area contributed by atoms with E-state index in [9.17, 15) is 13.2 Å². The Morgan fingerprint density at radius 3 is 2.37 bits per heavy atom. The predicted octanol–water partition coefficient (Wildman–Crippen LogP) is 4.42. The zero-order chi connectivity index (χ0) is 24.7. The summed E-state index contributed by atoms with van der Waals surface area (Å²) in [6, 6.07) is 27.8. The summed E-state index contributed by atoms with van der Waals surface area (Å²) in [5.41, 5.74) is 2.52. The maximum atomic E-state index is 13.0. The van der Waals surface area contributed by atoms with Gasteiger partial charge in [0.25, 0.3) is 15.9 Å². The van der Waals surface area contributed by atoms with Crippen molar-refractivity contribution in [3.8, 4) is 5.75 Å². The van der Waals surface area contributed by atoms with Crippen molar-refractivity contribution >= 4 is 21.6 Å². The second-order valence-electron chi connectivity index (χ2n) is 7.77. The van der Waals surface area contributed by atoms with E-state index in [0.29, 0.717) is 24.6 Å². The predicted molar refractivity (Wildman–Crippen MR) is 135 cm³/mol. The van der Waals surface area contributed by atoms with Crippen molar-refractivity contribution in [2.45, 2.75) is 18.0 Å². The quantitative estimate of drug-likeness (QED) is 0.378. The highest BCUT2D eigenvalue weighted by atomic mass is 32.2. The summed E-state index contributed by atoms with van der Waals surface area (Å²) in [6.07, 6.45) is 1.72. The monoisotopic (exact) mass is 487 g/mol. The van der Waals surface area contributed by atoms with E-state index in [1.165, 1.54) is 23.5 Å². The van der Waals surface area contributed by atoms with Crippen LogP contribution in [0.4, 0.5) is 5.69 Å². The van der Waals surface area contributed by atoms with E-state index < -0.39 is 10.0 Å². The molecule has 0 spiro atoms. The second kappa shape index (κ2) is 10.8. The zero-order valence-corrected chi connectivity index (χ0v) is 20.0. The SMILES string of the molecule is CN(c1ccccc1)S(=O)(=O)c1cccc(C(=O)NCc2ccc(OCc3ccccn3)cc2)c1. The van der Waals surface area contributed by atoms with Crippen LogP contribution in [0.3, 0.4) is 0 Å². The molecule has 0 aliphatic rings. The molecule has 8 heteroatoms. The Morgan fingerprint density at radius 1 is 0.914 bits per heavy atom. The average Bonchev–Trinajstić information content (AvgIpc) is 2.92. The molecule has 4 rings (SSSR count). The zero-order valence-electron chi connectivity index (χ0n) is 19.2. The van der Waals surface area contributed by atoms with Crippen molar-refractivity contribution in [1.29, 1.82) is 0 Å². The van der Waals surface area contributed by atoms with E-state index in [4.69, 9.17) is 4.74 Å². The van der Waals surface area contributed by atoms with Gasteiger partial charge in [0.15, 0.2) is 0 Å². The van der Waals surface area contributed by atoms with Gasteiger partial charge in [-0.15, -0.1) is 0 Å². The van der Waals surface area contributed by atoms with Crippen molar-refractivity contribution in [2.24, 2.45) is 0 Å². The molecule has 1 heterocycles. The topological polar surface area (TPSA) is 88.6 Å². The molecule has 35 heavy (non-hydrogen) atoms. The first-order chi connectivity index (χ1) is 16.9. The highest BCUT2D eigenvalue weighted by molar-refractivity contribution is 7.92. The number of carbonyl (C=O) groups is 1. The van der Waals surface area contributed by atoms with Crippen LogP contribution in [-0.2, 0) is 23.2 Å². The third-order valence-electron chi connectivity index (χ3n) is 5.36. The van der Waals surface area contributed by atoms with Crippen LogP contribution in [0.25, 0.3) is 0 Å². The van der Waals surface area contributed by atoms with Gasteiger partial charge in [-0.2, -0.15) is 0 Å². The summed E-state index contributed by atoms with van der Waals surface area (Å²) >= 11 is 0. The summed E-state index contributed by atoms with van der Waals surface area (Å²) in [6.45, 7) is 0.663. The number of sulfonamides is 1. The Bertz CT molecular complexity index is 1380. The van der Waals surface area contributed by atoms with Gasteiger partial charge in [-0.25, -0.2) is 8.42 Å². The molecule has 1 amide bonds. The molecule has 3 aromatic carbocycles. The Hall–Kier alpha value is -4.17. The summed E-state index contributed by atoms with van der Waals surface area (Å²) in [7, 11) is -2.32. The summed E-state index contributed by atoms with van der Waals surface area (Å²) in [4.78, 5) is 17.0. The number of rotatable bonds is 9. The van der Waals surface area contributed by atoms with Crippen molar-refractivity contribution in [3.63, 3.8) is 0 Å². The Balaban J connectivity index is 1.37. The number of aromatic nitrogens is 1. The van der Waals surface area contributed by atoms with Gasteiger partial charge in [-0.05, 0) is 60.2 Å². The number of para-hydroxylation sites is 1. The van der Waals surface area contributed by atoms with Crippen molar-refractivity contribution in [3.05, 3.63) is 120 Å². The van der Waals surface area contributed by atoms with Gasteiger partial charge in [0.05, 0.1) is 16.3 Å². The van der Waals surface area contributed by atoms with Crippen molar-refractivity contribution in [2.75, 3.05) is 11.4 Å². The lowest BCUT2D eigenvalue weighted by Gasteiger charge is -2.19. The van der Waals surface area contributed by atoms with Crippen LogP contribution in [0, 0.1) is 0 Å². The van der Waals surface area contributed by atoms with Gasteiger partial charge < -0.3 is 10.1 Å². The van der Waals surface area contributed by atoms with Crippen LogP contribution in [0.1, 0.15) is 21.6 Å². The lowest BCUT2D eigenvalue weighted by molar-refractivity contribution is 0.0950. The molecular weight excluding hydrogens is 462 g/mol. The fourth-order valence-electron chi connectivity index (χ4n) is 3.36. The fraction of sp³-hybridized carbons (Fsp3) is 0.111. The first-order valence-electron chi connectivity index (χ1n) is 11.0. The number of hydrogen-bond acceptors (Lipinski definition) is 5. The normalized spacial score (nSPS) is 11.0. The van der Waals surface area contributed by atoms with E-state index >= 15 is 0 Å². The minimum Gasteiger partial charge on any atom is -0.487 e. The first-order valence-corrected chi connectivity index (χ1v) is 12.4. The minimum absolute atomic E-state index is 0.0471. The van der Waals surface area contributed by atoms with Gasteiger partial charge in [-0.3, -0.25) is 14.1 Å². The molecule has 0 unspecified atom stereocenters. The van der Waals surface area contributed by atoms with Gasteiger partial charge in [0.2, 0.25) is 0 Å². The lowest BCUT2D eigenvalue weighted by atomic mass is 10.2. The highest BCUT2D eigenvalue weighted by Gasteiger charge is 2.22. The van der Waals surface area contributed by atoms with E-state index in [1.54, 1.807) is 42.6 Å². The largest absolute Gasteiger partial charge is 0.487 e. The molecule has 0 bridgehead atoms. The van der Waals surface area contributed by atoms with Crippen LogP contribution in [-0.4, -0.2) is 26.4 Å². The third-order valence-corrected chi connectivity index (χ3v) is 7.15. The first kappa shape index (κ1) is 24.0. The van der Waals surface area contributed by atoms with Gasteiger partial charge in [-0.1, -0.05) is 42.5 Å². The molecule has 178 valence electrons. The number of hydrogen-bond donors (Lipinski definition) is 1. The fourth-order valence-corrected chi connectivity index (χ4v) is 4.60. The molecule has 0 fully saturated rings. The molecule has 0 radical (unpaired) electrons. The Labute approximate surface area is 205 Å². The van der Waals surface area contributed by atoms with Crippen LogP contribution >= 0.6 is 0 Å². The van der Waals surface area contributed by atoms with E-state index in [0.717, 1.165) is 11.3 Å². The minimum atomic E-state index is -3.81.